The summed E-state index contributed by atoms with van der Waals surface area (Å²) >= 11 is 6.22. The molecule has 3 amide bonds. The molecule has 1 saturated heterocycles. The third kappa shape index (κ3) is 7.52. The Bertz CT molecular complexity index is 1420. The highest BCUT2D eigenvalue weighted by atomic mass is 35.5. The first-order chi connectivity index (χ1) is 19.8. The number of carboxylic acids is 1. The number of imide groups is 1. The second kappa shape index (κ2) is 13.6. The van der Waals surface area contributed by atoms with Crippen LogP contribution in [0.1, 0.15) is 41.0 Å². The predicted molar refractivity (Wildman–Crippen MR) is 152 cm³/mol. The Balaban J connectivity index is 1.59. The number of benzene rings is 2. The van der Waals surface area contributed by atoms with Crippen LogP contribution in [0.4, 0.5) is 4.79 Å². The van der Waals surface area contributed by atoms with E-state index in [1.54, 1.807) is 48.5 Å². The lowest BCUT2D eigenvalue weighted by Crippen LogP contribution is -2.48. The molecule has 1 aromatic heterocycles. The average molecular weight is 580 g/mol. The minimum absolute atomic E-state index is 0.0299. The molecular formula is C29H30ClN5O6. The van der Waals surface area contributed by atoms with Gasteiger partial charge in [-0.3, -0.25) is 14.7 Å². The fourth-order valence-electron chi connectivity index (χ4n) is 4.34. The molecule has 4 rings (SSSR count). The van der Waals surface area contributed by atoms with Crippen molar-refractivity contribution >= 4 is 35.3 Å². The summed E-state index contributed by atoms with van der Waals surface area (Å²) in [7, 11) is 1.53. The summed E-state index contributed by atoms with van der Waals surface area (Å²) in [6.45, 7) is 1.87. The number of aromatic nitrogens is 1. The van der Waals surface area contributed by atoms with E-state index in [1.165, 1.54) is 19.4 Å². The van der Waals surface area contributed by atoms with Crippen molar-refractivity contribution in [2.45, 2.75) is 25.8 Å². The number of amides is 3. The van der Waals surface area contributed by atoms with E-state index >= 15 is 0 Å². The Morgan fingerprint density at radius 1 is 1.22 bits per heavy atom. The Morgan fingerprint density at radius 3 is 2.66 bits per heavy atom. The molecule has 3 aromatic rings. The summed E-state index contributed by atoms with van der Waals surface area (Å²) in [6.07, 6.45) is 1.93. The molecule has 1 unspecified atom stereocenters. The quantitative estimate of drug-likeness (QED) is 0.319. The van der Waals surface area contributed by atoms with Gasteiger partial charge in [-0.1, -0.05) is 41.9 Å². The maximum Gasteiger partial charge on any atom is 0.337 e. The van der Waals surface area contributed by atoms with Crippen LogP contribution in [0.25, 0.3) is 0 Å². The highest BCUT2D eigenvalue weighted by molar-refractivity contribution is 6.30. The summed E-state index contributed by atoms with van der Waals surface area (Å²) in [6, 6.07) is 15.8. The number of hydrogen-bond donors (Lipinski definition) is 3. The number of nitrogens with one attached hydrogen (secondary N) is 2. The molecule has 41 heavy (non-hydrogen) atoms. The van der Waals surface area contributed by atoms with Crippen molar-refractivity contribution in [1.29, 1.82) is 0 Å². The highest BCUT2D eigenvalue weighted by Crippen LogP contribution is 2.27. The zero-order valence-electron chi connectivity index (χ0n) is 22.5. The van der Waals surface area contributed by atoms with Gasteiger partial charge in [0.25, 0.3) is 0 Å². The van der Waals surface area contributed by atoms with Gasteiger partial charge in [-0.2, -0.15) is 0 Å². The summed E-state index contributed by atoms with van der Waals surface area (Å²) < 4.78 is 5.46. The summed E-state index contributed by atoms with van der Waals surface area (Å²) in [5.74, 6) is -0.830. The third-order valence-corrected chi connectivity index (χ3v) is 6.77. The fourth-order valence-corrected chi connectivity index (χ4v) is 4.53. The van der Waals surface area contributed by atoms with Gasteiger partial charge < -0.3 is 25.3 Å². The van der Waals surface area contributed by atoms with E-state index in [0.29, 0.717) is 28.6 Å². The Kier molecular flexibility index (Phi) is 9.75. The van der Waals surface area contributed by atoms with E-state index in [0.717, 1.165) is 10.5 Å². The van der Waals surface area contributed by atoms with E-state index < -0.39 is 29.9 Å². The second-order valence-electron chi connectivity index (χ2n) is 9.29. The normalized spacial score (nSPS) is 16.9. The smallest absolute Gasteiger partial charge is 0.337 e. The molecule has 2 atom stereocenters. The minimum atomic E-state index is -1.10. The topological polar surface area (TPSA) is 142 Å². The van der Waals surface area contributed by atoms with Crippen molar-refractivity contribution in [1.82, 2.24) is 20.5 Å². The monoisotopic (exact) mass is 579 g/mol. The standard InChI is InChI=1S/C29H30ClN5O6/c1-3-23(24-11-9-18(15-31-24)28(37)38)33-29(39)35-17-26(34-41-22-7-5-4-6-8-22)32-16-20(27(35)36)13-19-14-21(30)10-12-25(19)40-2/h4-12,14-15,20,23H,3,13,16-17H2,1-2H3,(H,32,34)(H,33,39)(H,37,38)/t20-,23?/m1/s1. The van der Waals surface area contributed by atoms with E-state index in [4.69, 9.17) is 26.3 Å². The first-order valence-corrected chi connectivity index (χ1v) is 13.3. The molecule has 0 spiro atoms. The first kappa shape index (κ1) is 29.3. The Labute approximate surface area is 242 Å². The number of carboxylic acid groups (broad SMARTS) is 1. The average Bonchev–Trinajstić information content (AvgIpc) is 3.14. The summed E-state index contributed by atoms with van der Waals surface area (Å²) in [5.41, 5.74) is 1.21. The number of ether oxygens (including phenoxy) is 1. The molecule has 1 aliphatic rings. The number of para-hydroxylation sites is 1. The van der Waals surface area contributed by atoms with Crippen LogP contribution in [0.3, 0.4) is 0 Å². The van der Waals surface area contributed by atoms with Crippen LogP contribution in [0, 0.1) is 5.92 Å². The SMILES string of the molecule is CCC(NC(=O)N1C/C(=N/Oc2ccccc2)NC[C@@H](Cc2cc(Cl)ccc2OC)C1=O)c1ccc(C(=O)O)cn1. The zero-order valence-corrected chi connectivity index (χ0v) is 23.3. The molecule has 1 aliphatic heterocycles. The minimum Gasteiger partial charge on any atom is -0.496 e. The number of aromatic carboxylic acids is 1. The number of carbonyl (C=O) groups is 3. The van der Waals surface area contributed by atoms with Crippen molar-refractivity contribution in [3.05, 3.63) is 88.7 Å². The first-order valence-electron chi connectivity index (χ1n) is 12.9. The number of halogens is 1. The van der Waals surface area contributed by atoms with Crippen molar-refractivity contribution in [2.24, 2.45) is 11.1 Å². The maximum absolute atomic E-state index is 13.8. The van der Waals surface area contributed by atoms with Crippen LogP contribution in [-0.4, -0.2) is 58.9 Å². The van der Waals surface area contributed by atoms with Crippen LogP contribution >= 0.6 is 11.6 Å². The molecule has 0 radical (unpaired) electrons. The largest absolute Gasteiger partial charge is 0.496 e. The molecule has 12 heteroatoms. The van der Waals surface area contributed by atoms with Crippen LogP contribution in [0.15, 0.2) is 72.0 Å². The number of carbonyl (C=O) groups excluding carboxylic acids is 2. The molecular weight excluding hydrogens is 550 g/mol. The van der Waals surface area contributed by atoms with Crippen molar-refractivity contribution in [3.8, 4) is 11.5 Å². The molecule has 0 saturated carbocycles. The number of nitrogens with zero attached hydrogens (tertiary/aromatic N) is 3. The number of oxime groups is 1. The zero-order chi connectivity index (χ0) is 29.4. The summed E-state index contributed by atoms with van der Waals surface area (Å²) in [5, 5.41) is 19.8. The number of rotatable bonds is 9. The number of methoxy groups -OCH3 is 1. The third-order valence-electron chi connectivity index (χ3n) is 6.53. The van der Waals surface area contributed by atoms with Gasteiger partial charge in [-0.05, 0) is 60.9 Å². The lowest BCUT2D eigenvalue weighted by molar-refractivity contribution is -0.131. The van der Waals surface area contributed by atoms with Gasteiger partial charge in [0.15, 0.2) is 11.6 Å². The van der Waals surface area contributed by atoms with Crippen molar-refractivity contribution in [3.63, 3.8) is 0 Å². The molecule has 214 valence electrons. The highest BCUT2D eigenvalue weighted by Gasteiger charge is 2.35. The van der Waals surface area contributed by atoms with E-state index in [9.17, 15) is 14.4 Å². The van der Waals surface area contributed by atoms with Crippen LogP contribution in [-0.2, 0) is 11.2 Å². The number of amidine groups is 1. The Morgan fingerprint density at radius 2 is 2.00 bits per heavy atom. The summed E-state index contributed by atoms with van der Waals surface area (Å²) in [4.78, 5) is 49.4. The molecule has 2 aromatic carbocycles. The van der Waals surface area contributed by atoms with Crippen LogP contribution in [0.5, 0.6) is 11.5 Å². The van der Waals surface area contributed by atoms with Gasteiger partial charge in [0.1, 0.15) is 5.75 Å². The molecule has 3 N–H and O–H groups in total. The molecule has 0 bridgehead atoms. The van der Waals surface area contributed by atoms with Crippen LogP contribution in [0.2, 0.25) is 5.02 Å². The van der Waals surface area contributed by atoms with E-state index in [2.05, 4.69) is 20.8 Å². The van der Waals surface area contributed by atoms with Gasteiger partial charge in [-0.25, -0.2) is 9.59 Å². The van der Waals surface area contributed by atoms with Crippen molar-refractivity contribution < 1.29 is 29.1 Å². The second-order valence-corrected chi connectivity index (χ2v) is 9.73. The maximum atomic E-state index is 13.8. The Hall–Kier alpha value is -4.64. The van der Waals surface area contributed by atoms with Gasteiger partial charge in [0.05, 0.1) is 36.9 Å². The molecule has 1 fully saturated rings. The van der Waals surface area contributed by atoms with Crippen molar-refractivity contribution in [2.75, 3.05) is 20.2 Å². The van der Waals surface area contributed by atoms with Gasteiger partial charge in [-0.15, -0.1) is 0 Å². The molecule has 2 heterocycles. The number of hydrogen-bond acceptors (Lipinski definition) is 7. The number of pyridine rings is 1. The van der Waals surface area contributed by atoms with E-state index in [-0.39, 0.29) is 30.9 Å². The number of urea groups is 1. The van der Waals surface area contributed by atoms with Crippen LogP contribution < -0.4 is 20.2 Å². The van der Waals surface area contributed by atoms with Gasteiger partial charge in [0, 0.05) is 17.8 Å². The van der Waals surface area contributed by atoms with Gasteiger partial charge in [0.2, 0.25) is 5.91 Å². The predicted octanol–water partition coefficient (Wildman–Crippen LogP) is 4.29. The molecule has 0 aliphatic carbocycles. The molecule has 11 nitrogen and oxygen atoms in total. The van der Waals surface area contributed by atoms with Gasteiger partial charge >= 0.3 is 12.0 Å². The fraction of sp³-hybridized carbons (Fsp3) is 0.276. The van der Waals surface area contributed by atoms with E-state index in [1.807, 2.05) is 13.0 Å². The lowest BCUT2D eigenvalue weighted by atomic mass is 9.97. The lowest BCUT2D eigenvalue weighted by Gasteiger charge is -2.25.